The van der Waals surface area contributed by atoms with Gasteiger partial charge in [0.15, 0.2) is 0 Å². The maximum atomic E-state index is 3.35. The summed E-state index contributed by atoms with van der Waals surface area (Å²) in [6.07, 6.45) is 1.36. The number of hydrogen-bond acceptors (Lipinski definition) is 2. The zero-order chi connectivity index (χ0) is 6.69. The number of rotatable bonds is 2. The van der Waals surface area contributed by atoms with Crippen molar-refractivity contribution in [1.29, 1.82) is 0 Å². The van der Waals surface area contributed by atoms with Gasteiger partial charge in [-0.2, -0.15) is 0 Å². The van der Waals surface area contributed by atoms with Gasteiger partial charge in [0.25, 0.3) is 0 Å². The van der Waals surface area contributed by atoms with E-state index < -0.39 is 0 Å². The molecule has 0 amide bonds. The van der Waals surface area contributed by atoms with Gasteiger partial charge in [0.05, 0.1) is 0 Å². The second-order valence-corrected chi connectivity index (χ2v) is 3.12. The highest BCUT2D eigenvalue weighted by molar-refractivity contribution is 5.85. The lowest BCUT2D eigenvalue weighted by Crippen LogP contribution is -2.23. The number of nitrogens with zero attached hydrogens (tertiary/aromatic N) is 1. The molecule has 1 aliphatic rings. The molecule has 0 aromatic rings. The van der Waals surface area contributed by atoms with Crippen molar-refractivity contribution in [1.82, 2.24) is 10.2 Å². The van der Waals surface area contributed by atoms with E-state index in [1.165, 1.54) is 26.1 Å². The summed E-state index contributed by atoms with van der Waals surface area (Å²) in [7, 11) is 4.27. The highest BCUT2D eigenvalue weighted by Crippen LogP contribution is 2.06. The van der Waals surface area contributed by atoms with Crippen molar-refractivity contribution >= 4 is 24.8 Å². The molecule has 0 aromatic carbocycles. The van der Waals surface area contributed by atoms with Gasteiger partial charge < -0.3 is 10.2 Å². The van der Waals surface area contributed by atoms with Crippen LogP contribution in [0.4, 0.5) is 0 Å². The molecule has 1 fully saturated rings. The quantitative estimate of drug-likeness (QED) is 0.717. The molecule has 0 bridgehead atoms. The first-order valence-corrected chi connectivity index (χ1v) is 3.64. The lowest BCUT2D eigenvalue weighted by atomic mass is 10.1. The van der Waals surface area contributed by atoms with Gasteiger partial charge in [-0.1, -0.05) is 0 Å². The fraction of sp³-hybridized carbons (Fsp3) is 1.00. The zero-order valence-electron chi connectivity index (χ0n) is 7.17. The molecule has 70 valence electrons. The van der Waals surface area contributed by atoms with Crippen LogP contribution >= 0.6 is 24.8 Å². The Balaban J connectivity index is 0. The zero-order valence-corrected chi connectivity index (χ0v) is 8.80. The van der Waals surface area contributed by atoms with Gasteiger partial charge in [0.2, 0.25) is 0 Å². The van der Waals surface area contributed by atoms with Crippen molar-refractivity contribution in [2.24, 2.45) is 5.92 Å². The second kappa shape index (κ2) is 7.17. The fourth-order valence-electron chi connectivity index (χ4n) is 1.39. The lowest BCUT2D eigenvalue weighted by molar-refractivity contribution is 0.339. The first kappa shape index (κ1) is 14.0. The number of nitrogens with one attached hydrogen (secondary N) is 1. The van der Waals surface area contributed by atoms with E-state index in [0.29, 0.717) is 0 Å². The summed E-state index contributed by atoms with van der Waals surface area (Å²) in [5.41, 5.74) is 0. The third-order valence-corrected chi connectivity index (χ3v) is 1.79. The predicted octanol–water partition coefficient (Wildman–Crippen LogP) is 1.00. The molecule has 0 radical (unpaired) electrons. The van der Waals surface area contributed by atoms with E-state index in [9.17, 15) is 0 Å². The van der Waals surface area contributed by atoms with Gasteiger partial charge in [-0.25, -0.2) is 0 Å². The number of hydrogen-bond donors (Lipinski definition) is 1. The normalized spacial score (nSPS) is 22.6. The highest BCUT2D eigenvalue weighted by atomic mass is 35.5. The van der Waals surface area contributed by atoms with Gasteiger partial charge >= 0.3 is 0 Å². The van der Waals surface area contributed by atoms with Crippen LogP contribution in [0.1, 0.15) is 6.42 Å². The summed E-state index contributed by atoms with van der Waals surface area (Å²) in [6.45, 7) is 3.68. The van der Waals surface area contributed by atoms with Crippen molar-refractivity contribution < 1.29 is 0 Å². The number of halogens is 2. The van der Waals surface area contributed by atoms with Crippen LogP contribution in [0, 0.1) is 5.92 Å². The molecular formula is C7H18Cl2N2. The standard InChI is InChI=1S/C7H16N2.2ClH/c1-9(2)6-7-3-4-8-5-7;;/h7-8H,3-6H2,1-2H3;2*1H/t7-;;/m1../s1. The molecule has 4 heteroatoms. The van der Waals surface area contributed by atoms with Crippen molar-refractivity contribution in [3.63, 3.8) is 0 Å². The summed E-state index contributed by atoms with van der Waals surface area (Å²) in [6, 6.07) is 0. The average molecular weight is 201 g/mol. The van der Waals surface area contributed by atoms with E-state index in [0.717, 1.165) is 5.92 Å². The molecule has 1 atom stereocenters. The van der Waals surface area contributed by atoms with E-state index in [-0.39, 0.29) is 24.8 Å². The van der Waals surface area contributed by atoms with Crippen LogP contribution in [0.5, 0.6) is 0 Å². The predicted molar refractivity (Wildman–Crippen MR) is 54.0 cm³/mol. The molecule has 11 heavy (non-hydrogen) atoms. The Labute approximate surface area is 81.5 Å². The largest absolute Gasteiger partial charge is 0.316 e. The lowest BCUT2D eigenvalue weighted by Gasteiger charge is -2.13. The Bertz CT molecular complexity index is 82.5. The van der Waals surface area contributed by atoms with Crippen LogP contribution in [0.15, 0.2) is 0 Å². The molecule has 0 saturated carbocycles. The minimum Gasteiger partial charge on any atom is -0.316 e. The van der Waals surface area contributed by atoms with E-state index in [2.05, 4.69) is 24.3 Å². The van der Waals surface area contributed by atoms with Crippen LogP contribution in [-0.4, -0.2) is 38.6 Å². The van der Waals surface area contributed by atoms with Crippen LogP contribution in [0.25, 0.3) is 0 Å². The fourth-order valence-corrected chi connectivity index (χ4v) is 1.39. The van der Waals surface area contributed by atoms with Gasteiger partial charge in [-0.05, 0) is 39.5 Å². The van der Waals surface area contributed by atoms with Gasteiger partial charge in [-0.15, -0.1) is 24.8 Å². The maximum absolute atomic E-state index is 3.35. The Morgan fingerprint density at radius 3 is 2.36 bits per heavy atom. The van der Waals surface area contributed by atoms with E-state index in [1.807, 2.05) is 0 Å². The van der Waals surface area contributed by atoms with Crippen molar-refractivity contribution in [2.75, 3.05) is 33.7 Å². The van der Waals surface area contributed by atoms with E-state index >= 15 is 0 Å². The molecule has 0 spiro atoms. The first-order chi connectivity index (χ1) is 4.29. The summed E-state index contributed by atoms with van der Waals surface area (Å²) in [4.78, 5) is 2.26. The Hall–Kier alpha value is 0.500. The van der Waals surface area contributed by atoms with Crippen molar-refractivity contribution in [2.45, 2.75) is 6.42 Å². The molecule has 0 aliphatic carbocycles. The summed E-state index contributed by atoms with van der Waals surface area (Å²) in [5, 5.41) is 3.35. The molecule has 1 heterocycles. The first-order valence-electron chi connectivity index (χ1n) is 3.64. The monoisotopic (exact) mass is 200 g/mol. The Morgan fingerprint density at radius 1 is 1.36 bits per heavy atom. The highest BCUT2D eigenvalue weighted by Gasteiger charge is 2.13. The van der Waals surface area contributed by atoms with Crippen LogP contribution in [-0.2, 0) is 0 Å². The molecular weight excluding hydrogens is 183 g/mol. The summed E-state index contributed by atoms with van der Waals surface area (Å²) in [5.74, 6) is 0.903. The molecule has 1 aliphatic heterocycles. The molecule has 0 unspecified atom stereocenters. The molecule has 1 saturated heterocycles. The van der Waals surface area contributed by atoms with Crippen molar-refractivity contribution in [3.8, 4) is 0 Å². The minimum absolute atomic E-state index is 0. The van der Waals surface area contributed by atoms with Crippen LogP contribution in [0.2, 0.25) is 0 Å². The average Bonchev–Trinajstić information content (AvgIpc) is 2.15. The van der Waals surface area contributed by atoms with Crippen molar-refractivity contribution in [3.05, 3.63) is 0 Å². The molecule has 2 nitrogen and oxygen atoms in total. The van der Waals surface area contributed by atoms with E-state index in [4.69, 9.17) is 0 Å². The Morgan fingerprint density at radius 2 is 2.00 bits per heavy atom. The third kappa shape index (κ3) is 5.74. The SMILES string of the molecule is CN(C)C[C@@H]1CCNC1.Cl.Cl. The Kier molecular flexibility index (Phi) is 9.15. The topological polar surface area (TPSA) is 15.3 Å². The van der Waals surface area contributed by atoms with Gasteiger partial charge in [0.1, 0.15) is 0 Å². The summed E-state index contributed by atoms with van der Waals surface area (Å²) < 4.78 is 0. The second-order valence-electron chi connectivity index (χ2n) is 3.12. The van der Waals surface area contributed by atoms with Crippen LogP contribution < -0.4 is 5.32 Å². The smallest absolute Gasteiger partial charge is 0.00162 e. The van der Waals surface area contributed by atoms with Gasteiger partial charge in [-0.3, -0.25) is 0 Å². The van der Waals surface area contributed by atoms with Gasteiger partial charge in [0, 0.05) is 6.54 Å². The van der Waals surface area contributed by atoms with E-state index in [1.54, 1.807) is 0 Å². The molecule has 1 rings (SSSR count). The van der Waals surface area contributed by atoms with Crippen LogP contribution in [0.3, 0.4) is 0 Å². The molecule has 1 N–H and O–H groups in total. The maximum Gasteiger partial charge on any atom is 0.00162 e. The minimum atomic E-state index is 0. The summed E-state index contributed by atoms with van der Waals surface area (Å²) >= 11 is 0. The third-order valence-electron chi connectivity index (χ3n) is 1.79. The molecule has 0 aromatic heterocycles.